The zero-order valence-electron chi connectivity index (χ0n) is 9.90. The first-order valence-corrected chi connectivity index (χ1v) is 6.00. The van der Waals surface area contributed by atoms with Gasteiger partial charge in [-0.3, -0.25) is 4.90 Å². The van der Waals surface area contributed by atoms with Crippen LogP contribution in [-0.4, -0.2) is 36.8 Å². The molecule has 0 fully saturated rings. The largest absolute Gasteiger partial charge is 0.508 e. The normalized spacial score (nSPS) is 13.1. The summed E-state index contributed by atoms with van der Waals surface area (Å²) in [6.07, 6.45) is 0. The van der Waals surface area contributed by atoms with Crippen molar-refractivity contribution in [1.82, 2.24) is 4.90 Å². The van der Waals surface area contributed by atoms with Crippen LogP contribution < -0.4 is 0 Å². The first-order chi connectivity index (χ1) is 7.54. The topological polar surface area (TPSA) is 32.7 Å². The van der Waals surface area contributed by atoms with Crippen LogP contribution in [-0.2, 0) is 11.3 Å². The fourth-order valence-electron chi connectivity index (χ4n) is 1.48. The molecule has 1 rings (SSSR count). The van der Waals surface area contributed by atoms with Crippen LogP contribution in [0.2, 0.25) is 0 Å². The minimum atomic E-state index is 0.297. The summed E-state index contributed by atoms with van der Waals surface area (Å²) in [6, 6.07) is 5.66. The maximum absolute atomic E-state index is 9.43. The lowest BCUT2D eigenvalue weighted by Crippen LogP contribution is -2.32. The van der Waals surface area contributed by atoms with E-state index in [0.717, 1.165) is 16.6 Å². The minimum absolute atomic E-state index is 0.297. The van der Waals surface area contributed by atoms with Crippen molar-refractivity contribution in [2.24, 2.45) is 0 Å². The van der Waals surface area contributed by atoms with Crippen molar-refractivity contribution in [1.29, 1.82) is 0 Å². The van der Waals surface area contributed by atoms with Gasteiger partial charge in [-0.1, -0.05) is 15.9 Å². The lowest BCUT2D eigenvalue weighted by atomic mass is 10.2. The Hall–Kier alpha value is -0.580. The van der Waals surface area contributed by atoms with E-state index in [1.54, 1.807) is 19.2 Å². The van der Waals surface area contributed by atoms with Crippen LogP contribution >= 0.6 is 15.9 Å². The number of likely N-dealkylation sites (N-methyl/N-ethyl adjacent to an activating group) is 1. The Kier molecular flexibility index (Phi) is 5.25. The van der Waals surface area contributed by atoms with E-state index in [1.165, 1.54) is 0 Å². The number of phenolic OH excluding ortho intramolecular Hbond substituents is 1. The Balaban J connectivity index is 2.68. The summed E-state index contributed by atoms with van der Waals surface area (Å²) < 4.78 is 6.13. The van der Waals surface area contributed by atoms with Gasteiger partial charge >= 0.3 is 0 Å². The third-order valence-corrected chi connectivity index (χ3v) is 3.38. The van der Waals surface area contributed by atoms with Crippen LogP contribution in [0.5, 0.6) is 5.75 Å². The molecule has 4 heteroatoms. The highest BCUT2D eigenvalue weighted by molar-refractivity contribution is 9.10. The van der Waals surface area contributed by atoms with E-state index in [-0.39, 0.29) is 0 Å². The molecular weight excluding hydrogens is 270 g/mol. The van der Waals surface area contributed by atoms with Crippen LogP contribution in [0.25, 0.3) is 0 Å². The quantitative estimate of drug-likeness (QED) is 0.904. The number of hydrogen-bond acceptors (Lipinski definition) is 3. The van der Waals surface area contributed by atoms with E-state index >= 15 is 0 Å². The van der Waals surface area contributed by atoms with Gasteiger partial charge in [-0.2, -0.15) is 0 Å². The van der Waals surface area contributed by atoms with Gasteiger partial charge in [0.1, 0.15) is 5.75 Å². The highest BCUT2D eigenvalue weighted by Crippen LogP contribution is 2.23. The predicted molar refractivity (Wildman–Crippen MR) is 68.6 cm³/mol. The van der Waals surface area contributed by atoms with Crippen LogP contribution in [0.15, 0.2) is 22.7 Å². The highest BCUT2D eigenvalue weighted by atomic mass is 79.9. The molecule has 0 saturated carbocycles. The molecule has 90 valence electrons. The third kappa shape index (κ3) is 3.77. The molecule has 1 unspecified atom stereocenters. The summed E-state index contributed by atoms with van der Waals surface area (Å²) in [5, 5.41) is 9.43. The number of hydrogen-bond donors (Lipinski definition) is 1. The van der Waals surface area contributed by atoms with Gasteiger partial charge in [-0.15, -0.1) is 0 Å². The second-order valence-electron chi connectivity index (χ2n) is 4.00. The van der Waals surface area contributed by atoms with Crippen molar-refractivity contribution in [3.8, 4) is 5.75 Å². The fraction of sp³-hybridized carbons (Fsp3) is 0.500. The SMILES string of the molecule is COCC(C)N(C)Cc1cc(O)ccc1Br. The molecule has 0 aliphatic heterocycles. The second-order valence-corrected chi connectivity index (χ2v) is 4.85. The molecule has 0 spiro atoms. The molecule has 1 aromatic carbocycles. The standard InChI is InChI=1S/C12H18BrNO2/c1-9(8-16-3)14(2)7-10-6-11(15)4-5-12(10)13/h4-6,9,15H,7-8H2,1-3H3. The van der Waals surface area contributed by atoms with E-state index in [0.29, 0.717) is 18.4 Å². The van der Waals surface area contributed by atoms with Gasteiger partial charge in [0.25, 0.3) is 0 Å². The molecule has 0 aliphatic rings. The van der Waals surface area contributed by atoms with Crippen molar-refractivity contribution in [2.45, 2.75) is 19.5 Å². The molecule has 0 bridgehead atoms. The summed E-state index contributed by atoms with van der Waals surface area (Å²) >= 11 is 3.48. The van der Waals surface area contributed by atoms with Crippen molar-refractivity contribution in [3.05, 3.63) is 28.2 Å². The van der Waals surface area contributed by atoms with Gasteiger partial charge in [-0.05, 0) is 37.7 Å². The molecule has 0 saturated heterocycles. The second kappa shape index (κ2) is 6.23. The van der Waals surface area contributed by atoms with Gasteiger partial charge in [-0.25, -0.2) is 0 Å². The van der Waals surface area contributed by atoms with Crippen LogP contribution in [0.4, 0.5) is 0 Å². The Labute approximate surface area is 105 Å². The fourth-order valence-corrected chi connectivity index (χ4v) is 1.85. The maximum Gasteiger partial charge on any atom is 0.115 e. The summed E-state index contributed by atoms with van der Waals surface area (Å²) in [4.78, 5) is 2.18. The van der Waals surface area contributed by atoms with E-state index < -0.39 is 0 Å². The summed E-state index contributed by atoms with van der Waals surface area (Å²) in [5.74, 6) is 0.297. The lowest BCUT2D eigenvalue weighted by Gasteiger charge is -2.24. The van der Waals surface area contributed by atoms with Gasteiger partial charge in [0, 0.05) is 24.2 Å². The van der Waals surface area contributed by atoms with E-state index in [1.807, 2.05) is 13.1 Å². The van der Waals surface area contributed by atoms with Crippen molar-refractivity contribution in [2.75, 3.05) is 20.8 Å². The van der Waals surface area contributed by atoms with Gasteiger partial charge < -0.3 is 9.84 Å². The molecule has 16 heavy (non-hydrogen) atoms. The Morgan fingerprint density at radius 3 is 2.81 bits per heavy atom. The molecular formula is C12H18BrNO2. The predicted octanol–water partition coefficient (Wildman–Crippen LogP) is 2.62. The average Bonchev–Trinajstić information content (AvgIpc) is 2.23. The van der Waals surface area contributed by atoms with Gasteiger partial charge in [0.05, 0.1) is 6.61 Å². The third-order valence-electron chi connectivity index (χ3n) is 2.61. The summed E-state index contributed by atoms with van der Waals surface area (Å²) in [7, 11) is 3.74. The van der Waals surface area contributed by atoms with Gasteiger partial charge in [0.2, 0.25) is 0 Å². The number of benzene rings is 1. The smallest absolute Gasteiger partial charge is 0.115 e. The molecule has 1 aromatic rings. The zero-order valence-corrected chi connectivity index (χ0v) is 11.5. The summed E-state index contributed by atoms with van der Waals surface area (Å²) in [6.45, 7) is 3.59. The van der Waals surface area contributed by atoms with Crippen LogP contribution in [0, 0.1) is 0 Å². The zero-order chi connectivity index (χ0) is 12.1. The first kappa shape index (κ1) is 13.5. The molecule has 0 heterocycles. The van der Waals surface area contributed by atoms with Crippen molar-refractivity contribution >= 4 is 15.9 Å². The number of aromatic hydroxyl groups is 1. The number of methoxy groups -OCH3 is 1. The van der Waals surface area contributed by atoms with Gasteiger partial charge in [0.15, 0.2) is 0 Å². The van der Waals surface area contributed by atoms with Crippen LogP contribution in [0.3, 0.4) is 0 Å². The summed E-state index contributed by atoms with van der Waals surface area (Å²) in [5.41, 5.74) is 1.07. The van der Waals surface area contributed by atoms with Crippen molar-refractivity contribution < 1.29 is 9.84 Å². The molecule has 0 aliphatic carbocycles. The first-order valence-electron chi connectivity index (χ1n) is 5.21. The molecule has 0 radical (unpaired) electrons. The van der Waals surface area contributed by atoms with E-state index in [9.17, 15) is 5.11 Å². The molecule has 1 N–H and O–H groups in total. The average molecular weight is 288 g/mol. The number of nitrogens with zero attached hydrogens (tertiary/aromatic N) is 1. The molecule has 3 nitrogen and oxygen atoms in total. The highest BCUT2D eigenvalue weighted by Gasteiger charge is 2.11. The molecule has 1 atom stereocenters. The minimum Gasteiger partial charge on any atom is -0.508 e. The van der Waals surface area contributed by atoms with E-state index in [2.05, 4.69) is 27.8 Å². The number of phenols is 1. The maximum atomic E-state index is 9.43. The number of ether oxygens (including phenoxy) is 1. The lowest BCUT2D eigenvalue weighted by molar-refractivity contribution is 0.112. The monoisotopic (exact) mass is 287 g/mol. The number of halogens is 1. The Morgan fingerprint density at radius 2 is 2.19 bits per heavy atom. The van der Waals surface area contributed by atoms with Crippen LogP contribution in [0.1, 0.15) is 12.5 Å². The number of rotatable bonds is 5. The van der Waals surface area contributed by atoms with Crippen molar-refractivity contribution in [3.63, 3.8) is 0 Å². The Bertz CT molecular complexity index is 344. The van der Waals surface area contributed by atoms with E-state index in [4.69, 9.17) is 4.74 Å². The molecule has 0 aromatic heterocycles. The Morgan fingerprint density at radius 1 is 1.50 bits per heavy atom. The molecule has 0 amide bonds.